The van der Waals surface area contributed by atoms with E-state index in [0.29, 0.717) is 39.6 Å². The molecule has 0 aromatic rings. The Hall–Kier alpha value is -0.690. The van der Waals surface area contributed by atoms with E-state index in [1.165, 1.54) is 12.8 Å². The van der Waals surface area contributed by atoms with E-state index in [2.05, 4.69) is 6.92 Å². The summed E-state index contributed by atoms with van der Waals surface area (Å²) in [6, 6.07) is 0. The van der Waals surface area contributed by atoms with Crippen LogP contribution in [0.15, 0.2) is 0 Å². The standard InChI is InChI=1S/C14H28O6/c1-2-3-4-6-17-8-10-19-12-13-20-11-9-18-7-5-14(15)16/h2-13H2,1H3,(H,15,16). The Bertz CT molecular complexity index is 210. The molecule has 0 radical (unpaired) electrons. The van der Waals surface area contributed by atoms with E-state index in [0.717, 1.165) is 13.0 Å². The summed E-state index contributed by atoms with van der Waals surface area (Å²) >= 11 is 0. The van der Waals surface area contributed by atoms with Crippen molar-refractivity contribution in [3.63, 3.8) is 0 Å². The molecule has 0 heterocycles. The number of aliphatic carboxylic acids is 1. The number of carbonyl (C=O) groups is 1. The largest absolute Gasteiger partial charge is 0.481 e. The first-order chi connectivity index (χ1) is 9.77. The highest BCUT2D eigenvalue weighted by Gasteiger charge is 1.96. The highest BCUT2D eigenvalue weighted by atomic mass is 16.6. The number of hydrogen-bond donors (Lipinski definition) is 1. The highest BCUT2D eigenvalue weighted by Crippen LogP contribution is 1.93. The van der Waals surface area contributed by atoms with Gasteiger partial charge in [-0.2, -0.15) is 0 Å². The Morgan fingerprint density at radius 1 is 0.750 bits per heavy atom. The van der Waals surface area contributed by atoms with Crippen LogP contribution < -0.4 is 0 Å². The molecule has 0 rings (SSSR count). The lowest BCUT2D eigenvalue weighted by Crippen LogP contribution is -2.12. The second-order valence-corrected chi connectivity index (χ2v) is 4.30. The van der Waals surface area contributed by atoms with Gasteiger partial charge in [-0.25, -0.2) is 0 Å². The van der Waals surface area contributed by atoms with Crippen LogP contribution in [-0.4, -0.2) is 63.9 Å². The van der Waals surface area contributed by atoms with Crippen molar-refractivity contribution in [2.75, 3.05) is 52.9 Å². The first kappa shape index (κ1) is 19.3. The van der Waals surface area contributed by atoms with Crippen molar-refractivity contribution >= 4 is 5.97 Å². The molecule has 0 atom stereocenters. The molecule has 0 aliphatic heterocycles. The summed E-state index contributed by atoms with van der Waals surface area (Å²) in [7, 11) is 0. The molecule has 0 saturated carbocycles. The molecule has 6 nitrogen and oxygen atoms in total. The Morgan fingerprint density at radius 2 is 1.20 bits per heavy atom. The van der Waals surface area contributed by atoms with E-state index in [4.69, 9.17) is 24.1 Å². The molecule has 120 valence electrons. The molecule has 1 N–H and O–H groups in total. The molecule has 0 fully saturated rings. The van der Waals surface area contributed by atoms with Gasteiger partial charge < -0.3 is 24.1 Å². The third kappa shape index (κ3) is 17.3. The van der Waals surface area contributed by atoms with E-state index in [1.54, 1.807) is 0 Å². The fraction of sp³-hybridized carbons (Fsp3) is 0.929. The molecule has 0 aromatic carbocycles. The quantitative estimate of drug-likeness (QED) is 0.437. The second-order valence-electron chi connectivity index (χ2n) is 4.30. The van der Waals surface area contributed by atoms with Gasteiger partial charge in [0.15, 0.2) is 0 Å². The van der Waals surface area contributed by atoms with Crippen LogP contribution in [-0.2, 0) is 23.7 Å². The molecule has 0 aliphatic rings. The predicted octanol–water partition coefficient (Wildman–Crippen LogP) is 1.72. The van der Waals surface area contributed by atoms with E-state index in [-0.39, 0.29) is 13.0 Å². The van der Waals surface area contributed by atoms with Crippen LogP contribution in [0.3, 0.4) is 0 Å². The van der Waals surface area contributed by atoms with Crippen LogP contribution in [0.5, 0.6) is 0 Å². The molecular formula is C14H28O6. The maximum absolute atomic E-state index is 10.2. The minimum absolute atomic E-state index is 0.0291. The molecule has 0 unspecified atom stereocenters. The fourth-order valence-corrected chi connectivity index (χ4v) is 1.38. The molecule has 0 amide bonds. The number of rotatable bonds is 16. The maximum Gasteiger partial charge on any atom is 0.305 e. The van der Waals surface area contributed by atoms with Gasteiger partial charge in [-0.1, -0.05) is 19.8 Å². The van der Waals surface area contributed by atoms with Crippen LogP contribution in [0.1, 0.15) is 32.6 Å². The third-order valence-electron chi connectivity index (χ3n) is 2.47. The number of ether oxygens (including phenoxy) is 4. The predicted molar refractivity (Wildman–Crippen MR) is 75.1 cm³/mol. The van der Waals surface area contributed by atoms with Gasteiger partial charge in [0.05, 0.1) is 52.7 Å². The SMILES string of the molecule is CCCCCOCCOCCOCCOCCC(=O)O. The first-order valence-corrected chi connectivity index (χ1v) is 7.30. The lowest BCUT2D eigenvalue weighted by molar-refractivity contribution is -0.138. The van der Waals surface area contributed by atoms with Gasteiger partial charge in [-0.3, -0.25) is 4.79 Å². The van der Waals surface area contributed by atoms with Gasteiger partial charge in [0.25, 0.3) is 0 Å². The van der Waals surface area contributed by atoms with Crippen molar-refractivity contribution in [3.05, 3.63) is 0 Å². The maximum atomic E-state index is 10.2. The van der Waals surface area contributed by atoms with Crippen LogP contribution >= 0.6 is 0 Å². The Kier molecular flexibility index (Phi) is 15.8. The van der Waals surface area contributed by atoms with Crippen molar-refractivity contribution in [2.24, 2.45) is 0 Å². The highest BCUT2D eigenvalue weighted by molar-refractivity contribution is 5.66. The summed E-state index contributed by atoms with van der Waals surface area (Å²) in [5.74, 6) is -0.851. The molecular weight excluding hydrogens is 264 g/mol. The van der Waals surface area contributed by atoms with Gasteiger partial charge in [-0.05, 0) is 6.42 Å². The Labute approximate surface area is 121 Å². The first-order valence-electron chi connectivity index (χ1n) is 7.30. The minimum Gasteiger partial charge on any atom is -0.481 e. The molecule has 0 bridgehead atoms. The van der Waals surface area contributed by atoms with Crippen molar-refractivity contribution in [1.29, 1.82) is 0 Å². The Balaban J connectivity index is 2.94. The second kappa shape index (κ2) is 16.4. The van der Waals surface area contributed by atoms with Crippen molar-refractivity contribution in [3.8, 4) is 0 Å². The molecule has 0 aromatic heterocycles. The number of hydrogen-bond acceptors (Lipinski definition) is 5. The average Bonchev–Trinajstić information content (AvgIpc) is 2.43. The van der Waals surface area contributed by atoms with Gasteiger partial charge >= 0.3 is 5.97 Å². The normalized spacial score (nSPS) is 10.8. The smallest absolute Gasteiger partial charge is 0.305 e. The summed E-state index contributed by atoms with van der Waals surface area (Å²) in [6.07, 6.45) is 3.56. The third-order valence-corrected chi connectivity index (χ3v) is 2.47. The zero-order chi connectivity index (χ0) is 14.9. The minimum atomic E-state index is -0.851. The van der Waals surface area contributed by atoms with Gasteiger partial charge in [0, 0.05) is 6.61 Å². The summed E-state index contributed by atoms with van der Waals surface area (Å²) in [6.45, 7) is 6.33. The van der Waals surface area contributed by atoms with E-state index < -0.39 is 5.97 Å². The summed E-state index contributed by atoms with van der Waals surface area (Å²) in [4.78, 5) is 10.2. The van der Waals surface area contributed by atoms with E-state index >= 15 is 0 Å². The topological polar surface area (TPSA) is 74.2 Å². The Morgan fingerprint density at radius 3 is 1.65 bits per heavy atom. The lowest BCUT2D eigenvalue weighted by Gasteiger charge is -2.07. The van der Waals surface area contributed by atoms with Gasteiger partial charge in [0.2, 0.25) is 0 Å². The molecule has 20 heavy (non-hydrogen) atoms. The molecule has 0 saturated heterocycles. The lowest BCUT2D eigenvalue weighted by atomic mass is 10.3. The van der Waals surface area contributed by atoms with E-state index in [9.17, 15) is 4.79 Å². The van der Waals surface area contributed by atoms with Crippen LogP contribution in [0.25, 0.3) is 0 Å². The zero-order valence-electron chi connectivity index (χ0n) is 12.5. The van der Waals surface area contributed by atoms with Crippen LogP contribution in [0.4, 0.5) is 0 Å². The van der Waals surface area contributed by atoms with Crippen molar-refractivity contribution in [1.82, 2.24) is 0 Å². The van der Waals surface area contributed by atoms with Crippen LogP contribution in [0, 0.1) is 0 Å². The summed E-state index contributed by atoms with van der Waals surface area (Å²) in [5, 5.41) is 8.38. The van der Waals surface area contributed by atoms with Gasteiger partial charge in [-0.15, -0.1) is 0 Å². The molecule has 6 heteroatoms. The van der Waals surface area contributed by atoms with Crippen molar-refractivity contribution < 1.29 is 28.8 Å². The average molecular weight is 292 g/mol. The van der Waals surface area contributed by atoms with Gasteiger partial charge in [0.1, 0.15) is 0 Å². The number of carboxylic acid groups (broad SMARTS) is 1. The fourth-order valence-electron chi connectivity index (χ4n) is 1.38. The number of carboxylic acids is 1. The molecule has 0 aliphatic carbocycles. The monoisotopic (exact) mass is 292 g/mol. The zero-order valence-corrected chi connectivity index (χ0v) is 12.5. The number of unbranched alkanes of at least 4 members (excludes halogenated alkanes) is 2. The van der Waals surface area contributed by atoms with E-state index in [1.807, 2.05) is 0 Å². The summed E-state index contributed by atoms with van der Waals surface area (Å²) < 4.78 is 21.1. The van der Waals surface area contributed by atoms with Crippen LogP contribution in [0.2, 0.25) is 0 Å². The summed E-state index contributed by atoms with van der Waals surface area (Å²) in [5.41, 5.74) is 0. The molecule has 0 spiro atoms. The van der Waals surface area contributed by atoms with Crippen molar-refractivity contribution in [2.45, 2.75) is 32.6 Å².